The molecule has 0 heterocycles. The predicted molar refractivity (Wildman–Crippen MR) is 51.5 cm³/mol. The Labute approximate surface area is 104 Å². The van der Waals surface area contributed by atoms with Crippen LogP contribution in [0.4, 0.5) is 0 Å². The summed E-state index contributed by atoms with van der Waals surface area (Å²) in [5.41, 5.74) is 0.939. The van der Waals surface area contributed by atoms with Crippen LogP contribution in [0.5, 0.6) is 0 Å². The summed E-state index contributed by atoms with van der Waals surface area (Å²) in [5.74, 6) is 0. The van der Waals surface area contributed by atoms with Crippen LogP contribution in [-0.4, -0.2) is 0 Å². The van der Waals surface area contributed by atoms with Gasteiger partial charge in [0.2, 0.25) is 0 Å². The van der Waals surface area contributed by atoms with E-state index in [1.807, 2.05) is 30.3 Å². The zero-order valence-electron chi connectivity index (χ0n) is 7.20. The Kier molecular flexibility index (Phi) is 3.83. The molecule has 0 unspecified atom stereocenters. The van der Waals surface area contributed by atoms with E-state index >= 15 is 0 Å². The van der Waals surface area contributed by atoms with E-state index in [1.165, 1.54) is 5.39 Å². The molecule has 0 aliphatic heterocycles. The average molecular weight is 241 g/mol. The van der Waals surface area contributed by atoms with E-state index in [0.717, 1.165) is 10.9 Å². The Bertz CT molecular complexity index is 418. The van der Waals surface area contributed by atoms with Gasteiger partial charge >= 0.3 is 0 Å². The number of rotatable bonds is 1. The Morgan fingerprint density at radius 2 is 1.85 bits per heavy atom. The molecule has 2 aromatic carbocycles. The molecule has 0 amide bonds. The first-order chi connectivity index (χ1) is 5.90. The first-order valence-electron chi connectivity index (χ1n) is 3.86. The molecule has 0 atom stereocenters. The molecule has 1 heteroatoms. The molecular formula is C12H8Y-2. The van der Waals surface area contributed by atoms with Gasteiger partial charge in [-0.25, -0.2) is 12.1 Å². The summed E-state index contributed by atoms with van der Waals surface area (Å²) in [6.07, 6.45) is 1.56. The summed E-state index contributed by atoms with van der Waals surface area (Å²) in [6.45, 7) is 5.38. The minimum absolute atomic E-state index is 0. The minimum Gasteiger partial charge on any atom is -0.334 e. The SMILES string of the molecule is [CH-]=Cc1[c-]c2ccccc2cc1.[Y]. The Hall–Kier alpha value is -0.456. The van der Waals surface area contributed by atoms with Crippen LogP contribution in [0.15, 0.2) is 36.4 Å². The maximum Gasteiger partial charge on any atom is 0 e. The topological polar surface area (TPSA) is 0 Å². The second-order valence-corrected chi connectivity index (χ2v) is 2.67. The van der Waals surface area contributed by atoms with Crippen molar-refractivity contribution < 1.29 is 32.7 Å². The molecule has 13 heavy (non-hydrogen) atoms. The summed E-state index contributed by atoms with van der Waals surface area (Å²) in [6, 6.07) is 15.3. The van der Waals surface area contributed by atoms with Gasteiger partial charge in [-0.2, -0.15) is 0 Å². The molecule has 0 saturated heterocycles. The summed E-state index contributed by atoms with van der Waals surface area (Å²) >= 11 is 0. The van der Waals surface area contributed by atoms with E-state index in [9.17, 15) is 0 Å². The predicted octanol–water partition coefficient (Wildman–Crippen LogP) is 3.08. The fourth-order valence-electron chi connectivity index (χ4n) is 1.23. The molecule has 2 rings (SSSR count). The summed E-state index contributed by atoms with van der Waals surface area (Å²) in [4.78, 5) is 0. The first-order valence-corrected chi connectivity index (χ1v) is 3.86. The van der Waals surface area contributed by atoms with Gasteiger partial charge in [0.25, 0.3) is 0 Å². The van der Waals surface area contributed by atoms with Crippen LogP contribution in [0.1, 0.15) is 5.56 Å². The Morgan fingerprint density at radius 1 is 1.08 bits per heavy atom. The van der Waals surface area contributed by atoms with E-state index in [-0.39, 0.29) is 32.7 Å². The van der Waals surface area contributed by atoms with Crippen molar-refractivity contribution in [2.75, 3.05) is 0 Å². The van der Waals surface area contributed by atoms with Crippen LogP contribution >= 0.6 is 0 Å². The van der Waals surface area contributed by atoms with Crippen molar-refractivity contribution in [3.63, 3.8) is 0 Å². The van der Waals surface area contributed by atoms with Gasteiger partial charge in [0.05, 0.1) is 0 Å². The molecule has 1 radical (unpaired) electrons. The summed E-state index contributed by atoms with van der Waals surface area (Å²) in [5, 5.41) is 2.31. The Morgan fingerprint density at radius 3 is 2.62 bits per heavy atom. The molecule has 0 N–H and O–H groups in total. The van der Waals surface area contributed by atoms with Crippen molar-refractivity contribution in [3.05, 3.63) is 54.6 Å². The maximum atomic E-state index is 5.38. The Balaban J connectivity index is 0.000000845. The number of benzene rings is 2. The zero-order chi connectivity index (χ0) is 8.39. The van der Waals surface area contributed by atoms with Crippen molar-refractivity contribution in [2.45, 2.75) is 0 Å². The van der Waals surface area contributed by atoms with E-state index in [4.69, 9.17) is 6.58 Å². The van der Waals surface area contributed by atoms with E-state index < -0.39 is 0 Å². The van der Waals surface area contributed by atoms with Crippen LogP contribution in [0.3, 0.4) is 0 Å². The van der Waals surface area contributed by atoms with Gasteiger partial charge in [-0.05, 0) is 0 Å². The van der Waals surface area contributed by atoms with Crippen LogP contribution in [0.25, 0.3) is 16.8 Å². The zero-order valence-corrected chi connectivity index (χ0v) is 10.0. The van der Waals surface area contributed by atoms with Gasteiger partial charge in [-0.15, -0.1) is 17.5 Å². The van der Waals surface area contributed by atoms with E-state index in [1.54, 1.807) is 6.08 Å². The third kappa shape index (κ3) is 2.27. The molecule has 0 spiro atoms. The van der Waals surface area contributed by atoms with Crippen LogP contribution < -0.4 is 0 Å². The monoisotopic (exact) mass is 241 g/mol. The molecule has 61 valence electrons. The van der Waals surface area contributed by atoms with E-state index in [2.05, 4.69) is 12.1 Å². The van der Waals surface area contributed by atoms with Crippen molar-refractivity contribution >= 4 is 16.8 Å². The molecule has 0 aliphatic rings. The third-order valence-corrected chi connectivity index (χ3v) is 1.86. The second kappa shape index (κ2) is 4.69. The van der Waals surface area contributed by atoms with Crippen LogP contribution in [0, 0.1) is 12.6 Å². The summed E-state index contributed by atoms with van der Waals surface area (Å²) < 4.78 is 0. The minimum atomic E-state index is 0. The van der Waals surface area contributed by atoms with Crippen LogP contribution in [0.2, 0.25) is 0 Å². The largest absolute Gasteiger partial charge is 0.334 e. The maximum absolute atomic E-state index is 5.38. The van der Waals surface area contributed by atoms with Gasteiger partial charge in [-0.1, -0.05) is 23.6 Å². The molecule has 0 fully saturated rings. The van der Waals surface area contributed by atoms with Crippen molar-refractivity contribution in [2.24, 2.45) is 0 Å². The van der Waals surface area contributed by atoms with Crippen molar-refractivity contribution in [1.29, 1.82) is 0 Å². The molecule has 0 aliphatic carbocycles. The summed E-state index contributed by atoms with van der Waals surface area (Å²) in [7, 11) is 0. The van der Waals surface area contributed by atoms with Crippen LogP contribution in [-0.2, 0) is 32.7 Å². The van der Waals surface area contributed by atoms with E-state index in [0.29, 0.717) is 0 Å². The van der Waals surface area contributed by atoms with Gasteiger partial charge in [-0.3, -0.25) is 11.6 Å². The molecular weight excluding hydrogens is 233 g/mol. The fourth-order valence-corrected chi connectivity index (χ4v) is 1.23. The smallest absolute Gasteiger partial charge is 0 e. The number of fused-ring (bicyclic) bond motifs is 1. The fraction of sp³-hybridized carbons (Fsp3) is 0. The second-order valence-electron chi connectivity index (χ2n) is 2.67. The molecule has 2 aromatic rings. The van der Waals surface area contributed by atoms with Crippen molar-refractivity contribution in [1.82, 2.24) is 0 Å². The molecule has 0 bridgehead atoms. The quantitative estimate of drug-likeness (QED) is 0.673. The standard InChI is InChI=1S/C12H8.Y/c1-2-10-7-8-11-5-3-4-6-12(11)9-10;/h1-8H;/q-2;. The van der Waals surface area contributed by atoms with Gasteiger partial charge in [0.15, 0.2) is 0 Å². The van der Waals surface area contributed by atoms with Gasteiger partial charge in [0.1, 0.15) is 0 Å². The number of hydrogen-bond donors (Lipinski definition) is 0. The number of hydrogen-bond acceptors (Lipinski definition) is 0. The third-order valence-electron chi connectivity index (χ3n) is 1.86. The van der Waals surface area contributed by atoms with Gasteiger partial charge < -0.3 is 6.58 Å². The molecule has 0 nitrogen and oxygen atoms in total. The average Bonchev–Trinajstić information content (AvgIpc) is 2.17. The first kappa shape index (κ1) is 10.6. The van der Waals surface area contributed by atoms with Crippen molar-refractivity contribution in [3.8, 4) is 0 Å². The molecule has 0 aromatic heterocycles. The van der Waals surface area contributed by atoms with Gasteiger partial charge in [0, 0.05) is 32.7 Å². The normalized spacial score (nSPS) is 9.23. The molecule has 0 saturated carbocycles.